The third-order valence-corrected chi connectivity index (χ3v) is 4.13. The highest BCUT2D eigenvalue weighted by molar-refractivity contribution is 5.11. The zero-order valence-corrected chi connectivity index (χ0v) is 13.2. The van der Waals surface area contributed by atoms with Crippen LogP contribution >= 0.6 is 0 Å². The third kappa shape index (κ3) is 4.88. The molecule has 1 saturated carbocycles. The fourth-order valence-electron chi connectivity index (χ4n) is 2.60. The normalized spacial score (nSPS) is 15.8. The molecule has 1 N–H and O–H groups in total. The van der Waals surface area contributed by atoms with Crippen LogP contribution in [-0.4, -0.2) is 29.0 Å². The van der Waals surface area contributed by atoms with Crippen molar-refractivity contribution in [3.05, 3.63) is 29.6 Å². The topological polar surface area (TPSA) is 28.2 Å². The van der Waals surface area contributed by atoms with Crippen molar-refractivity contribution in [1.82, 2.24) is 15.2 Å². The Kier molecular flexibility index (Phi) is 5.99. The Labute approximate surface area is 123 Å². The molecule has 1 aromatic rings. The number of hydrogen-bond donors (Lipinski definition) is 1. The average molecular weight is 275 g/mol. The molecule has 1 heterocycles. The molecule has 20 heavy (non-hydrogen) atoms. The van der Waals surface area contributed by atoms with E-state index in [0.717, 1.165) is 31.2 Å². The summed E-state index contributed by atoms with van der Waals surface area (Å²) in [4.78, 5) is 7.31. The van der Waals surface area contributed by atoms with Crippen LogP contribution in [0.1, 0.15) is 51.4 Å². The number of nitrogens with zero attached hydrogens (tertiary/aromatic N) is 2. The van der Waals surface area contributed by atoms with Crippen LogP contribution in [0.15, 0.2) is 18.2 Å². The molecule has 1 aliphatic carbocycles. The summed E-state index contributed by atoms with van der Waals surface area (Å²) in [6, 6.07) is 6.91. The van der Waals surface area contributed by atoms with Crippen molar-refractivity contribution in [2.45, 2.75) is 59.2 Å². The highest BCUT2D eigenvalue weighted by atomic mass is 15.1. The van der Waals surface area contributed by atoms with Crippen molar-refractivity contribution in [3.8, 4) is 0 Å². The second-order valence-corrected chi connectivity index (χ2v) is 6.28. The van der Waals surface area contributed by atoms with Gasteiger partial charge >= 0.3 is 0 Å². The largest absolute Gasteiger partial charge is 0.309 e. The number of aromatic nitrogens is 1. The monoisotopic (exact) mass is 275 g/mol. The Morgan fingerprint density at radius 1 is 1.30 bits per heavy atom. The summed E-state index contributed by atoms with van der Waals surface area (Å²) >= 11 is 0. The number of nitrogens with one attached hydrogen (secondary N) is 1. The maximum Gasteiger partial charge on any atom is 0.0547 e. The molecule has 0 radical (unpaired) electrons. The zero-order valence-electron chi connectivity index (χ0n) is 13.2. The van der Waals surface area contributed by atoms with Crippen LogP contribution in [0.3, 0.4) is 0 Å². The van der Waals surface area contributed by atoms with Crippen molar-refractivity contribution in [2.24, 2.45) is 5.92 Å². The summed E-state index contributed by atoms with van der Waals surface area (Å²) in [5.74, 6) is 0.931. The maximum atomic E-state index is 4.78. The lowest BCUT2D eigenvalue weighted by Crippen LogP contribution is -2.32. The molecule has 1 aromatic heterocycles. The lowest BCUT2D eigenvalue weighted by Gasteiger charge is -2.31. The van der Waals surface area contributed by atoms with Gasteiger partial charge in [0.15, 0.2) is 0 Å². The van der Waals surface area contributed by atoms with Crippen LogP contribution < -0.4 is 5.32 Å². The van der Waals surface area contributed by atoms with Crippen LogP contribution in [0.5, 0.6) is 0 Å². The van der Waals surface area contributed by atoms with E-state index in [1.165, 1.54) is 31.5 Å². The fourth-order valence-corrected chi connectivity index (χ4v) is 2.60. The molecule has 112 valence electrons. The quantitative estimate of drug-likeness (QED) is 0.789. The first-order valence-electron chi connectivity index (χ1n) is 8.08. The molecule has 0 spiro atoms. The molecule has 3 heteroatoms. The Bertz CT molecular complexity index is 399. The predicted octanol–water partition coefficient (Wildman–Crippen LogP) is 3.20. The molecular weight excluding hydrogens is 246 g/mol. The van der Waals surface area contributed by atoms with E-state index in [1.807, 2.05) is 0 Å². The van der Waals surface area contributed by atoms with E-state index in [9.17, 15) is 0 Å². The van der Waals surface area contributed by atoms with Crippen LogP contribution in [-0.2, 0) is 13.1 Å². The second kappa shape index (κ2) is 7.75. The molecular formula is C17H29N3. The smallest absolute Gasteiger partial charge is 0.0547 e. The fraction of sp³-hybridized carbons (Fsp3) is 0.706. The van der Waals surface area contributed by atoms with E-state index in [1.54, 1.807) is 0 Å². The van der Waals surface area contributed by atoms with Crippen molar-refractivity contribution in [3.63, 3.8) is 0 Å². The number of hydrogen-bond acceptors (Lipinski definition) is 3. The van der Waals surface area contributed by atoms with Gasteiger partial charge in [-0.05, 0) is 37.4 Å². The van der Waals surface area contributed by atoms with E-state index in [2.05, 4.69) is 49.2 Å². The van der Waals surface area contributed by atoms with Crippen LogP contribution in [0, 0.1) is 5.92 Å². The van der Waals surface area contributed by atoms with Gasteiger partial charge in [0.2, 0.25) is 0 Å². The van der Waals surface area contributed by atoms with Gasteiger partial charge in [0.1, 0.15) is 0 Å². The van der Waals surface area contributed by atoms with Gasteiger partial charge < -0.3 is 5.32 Å². The molecule has 1 aliphatic rings. The van der Waals surface area contributed by atoms with E-state index >= 15 is 0 Å². The molecule has 0 saturated heterocycles. The molecule has 0 bridgehead atoms. The van der Waals surface area contributed by atoms with Crippen LogP contribution in [0.25, 0.3) is 0 Å². The minimum Gasteiger partial charge on any atom is -0.309 e. The van der Waals surface area contributed by atoms with Gasteiger partial charge in [0.05, 0.1) is 11.4 Å². The lowest BCUT2D eigenvalue weighted by molar-refractivity contribution is 0.176. The van der Waals surface area contributed by atoms with Crippen molar-refractivity contribution < 1.29 is 0 Å². The van der Waals surface area contributed by atoms with E-state index < -0.39 is 0 Å². The molecule has 0 atom stereocenters. The van der Waals surface area contributed by atoms with Gasteiger partial charge in [-0.2, -0.15) is 0 Å². The lowest BCUT2D eigenvalue weighted by atomic mass is 9.85. The van der Waals surface area contributed by atoms with Gasteiger partial charge in [-0.1, -0.05) is 33.3 Å². The highest BCUT2D eigenvalue weighted by Crippen LogP contribution is 2.27. The summed E-state index contributed by atoms with van der Waals surface area (Å²) < 4.78 is 0. The highest BCUT2D eigenvalue weighted by Gasteiger charge is 2.20. The van der Waals surface area contributed by atoms with Crippen LogP contribution in [0.2, 0.25) is 0 Å². The summed E-state index contributed by atoms with van der Waals surface area (Å²) in [5.41, 5.74) is 2.35. The van der Waals surface area contributed by atoms with Gasteiger partial charge in [0, 0.05) is 25.7 Å². The zero-order chi connectivity index (χ0) is 14.4. The first-order valence-corrected chi connectivity index (χ1v) is 8.08. The standard InChI is InChI=1S/C17H29N3/c1-4-20(12-15-7-5-8-15)13-17-10-6-9-16(19-17)11-18-14(2)3/h6,9-10,14-15,18H,4-5,7-8,11-13H2,1-3H3. The average Bonchev–Trinajstić information content (AvgIpc) is 2.39. The van der Waals surface area contributed by atoms with Crippen LogP contribution in [0.4, 0.5) is 0 Å². The third-order valence-electron chi connectivity index (χ3n) is 4.13. The number of rotatable bonds is 8. The summed E-state index contributed by atoms with van der Waals surface area (Å²) in [6.45, 7) is 10.8. The first kappa shape index (κ1) is 15.5. The molecule has 0 unspecified atom stereocenters. The Balaban J connectivity index is 1.88. The predicted molar refractivity (Wildman–Crippen MR) is 84.5 cm³/mol. The molecule has 1 fully saturated rings. The van der Waals surface area contributed by atoms with E-state index in [0.29, 0.717) is 6.04 Å². The molecule has 0 aromatic carbocycles. The summed E-state index contributed by atoms with van der Waals surface area (Å²) in [5, 5.41) is 3.43. The second-order valence-electron chi connectivity index (χ2n) is 6.28. The van der Waals surface area contributed by atoms with E-state index in [4.69, 9.17) is 4.98 Å². The SMILES string of the molecule is CCN(Cc1cccc(CNC(C)C)n1)CC1CCC1. The molecule has 2 rings (SSSR count). The van der Waals surface area contributed by atoms with Crippen molar-refractivity contribution in [2.75, 3.05) is 13.1 Å². The maximum absolute atomic E-state index is 4.78. The van der Waals surface area contributed by atoms with Gasteiger partial charge in [0.25, 0.3) is 0 Å². The van der Waals surface area contributed by atoms with E-state index in [-0.39, 0.29) is 0 Å². The van der Waals surface area contributed by atoms with Gasteiger partial charge in [-0.3, -0.25) is 9.88 Å². The summed E-state index contributed by atoms with van der Waals surface area (Å²) in [6.07, 6.45) is 4.27. The van der Waals surface area contributed by atoms with Crippen molar-refractivity contribution >= 4 is 0 Å². The first-order chi connectivity index (χ1) is 9.67. The Morgan fingerprint density at radius 3 is 2.65 bits per heavy atom. The number of pyridine rings is 1. The van der Waals surface area contributed by atoms with Crippen molar-refractivity contribution in [1.29, 1.82) is 0 Å². The van der Waals surface area contributed by atoms with Gasteiger partial charge in [-0.25, -0.2) is 0 Å². The molecule has 3 nitrogen and oxygen atoms in total. The van der Waals surface area contributed by atoms with Gasteiger partial charge in [-0.15, -0.1) is 0 Å². The molecule has 0 aliphatic heterocycles. The molecule has 0 amide bonds. The minimum absolute atomic E-state index is 0.506. The Morgan fingerprint density at radius 2 is 2.05 bits per heavy atom. The Hall–Kier alpha value is -0.930. The summed E-state index contributed by atoms with van der Waals surface area (Å²) in [7, 11) is 0. The minimum atomic E-state index is 0.506.